The smallest absolute Gasteiger partial charge is 0.354 e. The zero-order valence-electron chi connectivity index (χ0n) is 7.96. The van der Waals surface area contributed by atoms with Crippen molar-refractivity contribution >= 4 is 5.97 Å². The molecule has 4 heteroatoms. The van der Waals surface area contributed by atoms with Crippen LogP contribution in [0.2, 0.25) is 0 Å². The first-order valence-electron chi connectivity index (χ1n) is 4.42. The molecule has 0 saturated carbocycles. The van der Waals surface area contributed by atoms with Crippen LogP contribution in [0.3, 0.4) is 0 Å². The summed E-state index contributed by atoms with van der Waals surface area (Å²) >= 11 is 0. The van der Waals surface area contributed by atoms with Crippen molar-refractivity contribution in [3.05, 3.63) is 29.6 Å². The van der Waals surface area contributed by atoms with E-state index in [-0.39, 0.29) is 22.8 Å². The number of nitrogens with zero attached hydrogens (tertiary/aromatic N) is 1. The van der Waals surface area contributed by atoms with Gasteiger partial charge in [-0.3, -0.25) is 0 Å². The van der Waals surface area contributed by atoms with E-state index in [1.54, 1.807) is 12.3 Å². The van der Waals surface area contributed by atoms with Gasteiger partial charge in [-0.05, 0) is 24.5 Å². The first-order valence-corrected chi connectivity index (χ1v) is 4.42. The molecule has 1 N–H and O–H groups in total. The molecule has 0 spiro atoms. The molecule has 0 bridgehead atoms. The van der Waals surface area contributed by atoms with E-state index < -0.39 is 5.97 Å². The van der Waals surface area contributed by atoms with Gasteiger partial charge in [0.15, 0.2) is 0 Å². The molecule has 0 aliphatic rings. The molecule has 0 aliphatic carbocycles. The van der Waals surface area contributed by atoms with Crippen LogP contribution in [-0.2, 0) is 23.5 Å². The van der Waals surface area contributed by atoms with Gasteiger partial charge in [0.2, 0.25) is 0 Å². The van der Waals surface area contributed by atoms with Crippen molar-refractivity contribution < 1.29 is 27.0 Å². The van der Waals surface area contributed by atoms with Crippen LogP contribution in [0, 0.1) is 0 Å². The van der Waals surface area contributed by atoms with Crippen LogP contribution in [-0.4, -0.2) is 16.1 Å². The molecule has 3 nitrogen and oxygen atoms in total. The van der Waals surface area contributed by atoms with Gasteiger partial charge in [-0.1, -0.05) is 19.4 Å². The molecule has 0 aliphatic heterocycles. The Morgan fingerprint density at radius 3 is 2.64 bits per heavy atom. The van der Waals surface area contributed by atoms with Crippen molar-refractivity contribution in [2.75, 3.05) is 0 Å². The Morgan fingerprint density at radius 1 is 1.50 bits per heavy atom. The predicted octanol–water partition coefficient (Wildman–Crippen LogP) is 2.12. The number of hydrogen-bond donors (Lipinski definition) is 1. The number of aromatic carboxylic acids is 1. The third-order valence-corrected chi connectivity index (χ3v) is 1.86. The quantitative estimate of drug-likeness (QED) is 0.823. The van der Waals surface area contributed by atoms with E-state index in [2.05, 4.69) is 11.9 Å². The summed E-state index contributed by atoms with van der Waals surface area (Å²) < 4.78 is 0. The zero-order valence-corrected chi connectivity index (χ0v) is 8.90. The zero-order chi connectivity index (χ0) is 9.68. The fourth-order valence-electron chi connectivity index (χ4n) is 1.08. The van der Waals surface area contributed by atoms with E-state index >= 15 is 0 Å². The van der Waals surface area contributed by atoms with Gasteiger partial charge in [0.1, 0.15) is 5.69 Å². The Labute approximate surface area is 94.0 Å². The van der Waals surface area contributed by atoms with Gasteiger partial charge in [0, 0.05) is 23.3 Å². The first-order chi connectivity index (χ1) is 6.24. The van der Waals surface area contributed by atoms with Gasteiger partial charge in [0.25, 0.3) is 0 Å². The summed E-state index contributed by atoms with van der Waals surface area (Å²) in [5.41, 5.74) is 1.21. The second-order valence-electron chi connectivity index (χ2n) is 2.96. The maximum absolute atomic E-state index is 10.5. The number of pyridine rings is 1. The Morgan fingerprint density at radius 2 is 2.21 bits per heavy atom. The van der Waals surface area contributed by atoms with Crippen LogP contribution < -0.4 is 0 Å². The topological polar surface area (TPSA) is 50.2 Å². The number of hydrogen-bond acceptors (Lipinski definition) is 2. The van der Waals surface area contributed by atoms with Crippen molar-refractivity contribution in [1.29, 1.82) is 0 Å². The summed E-state index contributed by atoms with van der Waals surface area (Å²) in [7, 11) is 0. The van der Waals surface area contributed by atoms with Gasteiger partial charge < -0.3 is 5.11 Å². The summed E-state index contributed by atoms with van der Waals surface area (Å²) in [6, 6.07) is 3.37. The Kier molecular flexibility index (Phi) is 6.17. The van der Waals surface area contributed by atoms with Gasteiger partial charge in [0.05, 0.1) is 0 Å². The van der Waals surface area contributed by atoms with Crippen molar-refractivity contribution in [2.45, 2.75) is 26.2 Å². The van der Waals surface area contributed by atoms with Gasteiger partial charge in [-0.15, -0.1) is 0 Å². The average molecular weight is 243 g/mol. The molecule has 0 aromatic carbocycles. The summed E-state index contributed by atoms with van der Waals surface area (Å²) in [5, 5.41) is 8.59. The number of carboxylic acid groups (broad SMARTS) is 1. The fourth-order valence-corrected chi connectivity index (χ4v) is 1.08. The van der Waals surface area contributed by atoms with Crippen molar-refractivity contribution in [3.8, 4) is 0 Å². The van der Waals surface area contributed by atoms with Gasteiger partial charge >= 0.3 is 5.97 Å². The van der Waals surface area contributed by atoms with Crippen LogP contribution in [0.1, 0.15) is 35.8 Å². The van der Waals surface area contributed by atoms with Crippen LogP contribution in [0.4, 0.5) is 0 Å². The van der Waals surface area contributed by atoms with E-state index in [4.69, 9.17) is 5.11 Å². The third-order valence-electron chi connectivity index (χ3n) is 1.86. The Balaban J connectivity index is 0.00000169. The second-order valence-corrected chi connectivity index (χ2v) is 2.96. The molecule has 1 heterocycles. The second kappa shape index (κ2) is 6.57. The minimum Gasteiger partial charge on any atom is -0.477 e. The van der Waals surface area contributed by atoms with Gasteiger partial charge in [-0.2, -0.15) is 0 Å². The molecule has 1 aromatic rings. The van der Waals surface area contributed by atoms with Crippen molar-refractivity contribution in [3.63, 3.8) is 0 Å². The summed E-state index contributed by atoms with van der Waals surface area (Å²) in [5.74, 6) is -0.970. The molecule has 0 atom stereocenters. The minimum absolute atomic E-state index is 0. The van der Waals surface area contributed by atoms with E-state index in [1.807, 2.05) is 6.07 Å². The normalized spacial score (nSPS) is 9.21. The maximum atomic E-state index is 10.5. The van der Waals surface area contributed by atoms with Crippen molar-refractivity contribution in [1.82, 2.24) is 4.98 Å². The average Bonchev–Trinajstić information content (AvgIpc) is 2.15. The van der Waals surface area contributed by atoms with Crippen LogP contribution in [0.5, 0.6) is 0 Å². The van der Waals surface area contributed by atoms with E-state index in [1.165, 1.54) is 0 Å². The fraction of sp³-hybridized carbons (Fsp3) is 0.400. The number of carbonyl (C=O) groups is 1. The minimum atomic E-state index is -0.970. The molecule has 1 rings (SSSR count). The standard InChI is InChI=1S/C10H13NO2.Cu/c1-2-3-4-8-5-6-9(10(12)13)11-7-8;/h5-7H,2-4H2,1H3,(H,12,13);. The first kappa shape index (κ1) is 13.1. The molecular weight excluding hydrogens is 230 g/mol. The largest absolute Gasteiger partial charge is 0.477 e. The van der Waals surface area contributed by atoms with E-state index in [0.717, 1.165) is 24.8 Å². The number of rotatable bonds is 4. The summed E-state index contributed by atoms with van der Waals surface area (Å²) in [6.45, 7) is 2.12. The molecular formula is C10H13CuNO2. The molecule has 1 aromatic heterocycles. The Bertz CT molecular complexity index is 285. The summed E-state index contributed by atoms with van der Waals surface area (Å²) in [6.07, 6.45) is 4.87. The van der Waals surface area contributed by atoms with Crippen LogP contribution >= 0.6 is 0 Å². The van der Waals surface area contributed by atoms with Gasteiger partial charge in [-0.25, -0.2) is 9.78 Å². The Hall–Kier alpha value is -0.861. The monoisotopic (exact) mass is 242 g/mol. The number of unbranched alkanes of at least 4 members (excludes halogenated alkanes) is 1. The summed E-state index contributed by atoms with van der Waals surface area (Å²) in [4.78, 5) is 14.3. The van der Waals surface area contributed by atoms with E-state index in [9.17, 15) is 4.79 Å². The molecule has 81 valence electrons. The number of aryl methyl sites for hydroxylation is 1. The molecule has 0 fully saturated rings. The molecule has 0 unspecified atom stereocenters. The molecule has 0 amide bonds. The number of aromatic nitrogens is 1. The van der Waals surface area contributed by atoms with Crippen LogP contribution in [0.15, 0.2) is 18.3 Å². The number of carboxylic acids is 1. The van der Waals surface area contributed by atoms with Crippen LogP contribution in [0.25, 0.3) is 0 Å². The predicted molar refractivity (Wildman–Crippen MR) is 49.8 cm³/mol. The van der Waals surface area contributed by atoms with Crippen molar-refractivity contribution in [2.24, 2.45) is 0 Å². The van der Waals surface area contributed by atoms with E-state index in [0.29, 0.717) is 0 Å². The molecule has 0 saturated heterocycles. The SMILES string of the molecule is CCCCc1ccc(C(=O)O)nc1.[Cu]. The molecule has 14 heavy (non-hydrogen) atoms. The maximum Gasteiger partial charge on any atom is 0.354 e. The molecule has 1 radical (unpaired) electrons. The third kappa shape index (κ3) is 3.90.